The zero-order chi connectivity index (χ0) is 14.7. The molecule has 0 fully saturated rings. The Kier molecular flexibility index (Phi) is 4.31. The van der Waals surface area contributed by atoms with Gasteiger partial charge in [-0.1, -0.05) is 0 Å². The van der Waals surface area contributed by atoms with Gasteiger partial charge in [0.05, 0.1) is 18.2 Å². The zero-order valence-electron chi connectivity index (χ0n) is 11.9. The van der Waals surface area contributed by atoms with Crippen LogP contribution in [-0.2, 0) is 24.2 Å². The summed E-state index contributed by atoms with van der Waals surface area (Å²) in [5, 5.41) is 13.1. The number of hydrogen-bond donors (Lipinski definition) is 2. The molecule has 1 amide bonds. The van der Waals surface area contributed by atoms with Crippen molar-refractivity contribution in [3.8, 4) is 0 Å². The number of hydrogen-bond acceptors (Lipinski definition) is 5. The van der Waals surface area contributed by atoms with Crippen molar-refractivity contribution < 1.29 is 9.53 Å². The first-order chi connectivity index (χ1) is 10.2. The molecule has 1 aliphatic rings. The molecule has 3 rings (SSSR count). The van der Waals surface area contributed by atoms with Crippen LogP contribution in [0, 0.1) is 6.92 Å². The van der Waals surface area contributed by atoms with E-state index in [4.69, 9.17) is 4.74 Å². The molecule has 1 aliphatic heterocycles. The Morgan fingerprint density at radius 3 is 3.29 bits per heavy atom. The maximum Gasteiger partial charge on any atom is 0.272 e. The number of carbonyl (C=O) groups is 1. The van der Waals surface area contributed by atoms with Gasteiger partial charge in [-0.15, -0.1) is 11.3 Å². The average molecular weight is 306 g/mol. The van der Waals surface area contributed by atoms with Gasteiger partial charge in [-0.3, -0.25) is 9.89 Å². The minimum absolute atomic E-state index is 0.131. The Hall–Kier alpha value is -1.73. The Bertz CT molecular complexity index is 635. The molecule has 0 saturated carbocycles. The number of aromatic nitrogens is 3. The van der Waals surface area contributed by atoms with E-state index >= 15 is 0 Å². The lowest BCUT2D eigenvalue weighted by molar-refractivity contribution is 0.0925. The third-order valence-corrected chi connectivity index (χ3v) is 4.46. The fourth-order valence-corrected chi connectivity index (χ4v) is 3.16. The fraction of sp³-hybridized carbons (Fsp3) is 0.500. The van der Waals surface area contributed by atoms with Gasteiger partial charge in [-0.2, -0.15) is 5.10 Å². The van der Waals surface area contributed by atoms with Crippen LogP contribution >= 0.6 is 11.3 Å². The predicted octanol–water partition coefficient (Wildman–Crippen LogP) is 1.61. The molecule has 0 saturated heterocycles. The SMILES string of the molecule is Cc1csc(CCCNC(=O)c2n[nH]c3c2COCC3)n1. The number of carbonyl (C=O) groups excluding carboxylic acids is 1. The third-order valence-electron chi connectivity index (χ3n) is 3.43. The first-order valence-electron chi connectivity index (χ1n) is 7.07. The van der Waals surface area contributed by atoms with E-state index in [-0.39, 0.29) is 5.91 Å². The number of nitrogens with zero attached hydrogens (tertiary/aromatic N) is 2. The summed E-state index contributed by atoms with van der Waals surface area (Å²) in [5.74, 6) is -0.131. The summed E-state index contributed by atoms with van der Waals surface area (Å²) in [6, 6.07) is 0. The highest BCUT2D eigenvalue weighted by atomic mass is 32.1. The van der Waals surface area contributed by atoms with Crippen LogP contribution in [0.5, 0.6) is 0 Å². The van der Waals surface area contributed by atoms with Crippen LogP contribution in [0.3, 0.4) is 0 Å². The number of nitrogens with one attached hydrogen (secondary N) is 2. The average Bonchev–Trinajstić information content (AvgIpc) is 3.09. The van der Waals surface area contributed by atoms with Crippen molar-refractivity contribution in [3.63, 3.8) is 0 Å². The van der Waals surface area contributed by atoms with Crippen LogP contribution < -0.4 is 5.32 Å². The summed E-state index contributed by atoms with van der Waals surface area (Å²) in [4.78, 5) is 16.5. The topological polar surface area (TPSA) is 79.9 Å². The normalized spacial score (nSPS) is 14.0. The van der Waals surface area contributed by atoms with E-state index in [2.05, 4.69) is 20.5 Å². The van der Waals surface area contributed by atoms with Crippen molar-refractivity contribution in [3.05, 3.63) is 33.0 Å². The van der Waals surface area contributed by atoms with Gasteiger partial charge in [-0.25, -0.2) is 4.98 Å². The standard InChI is InChI=1S/C14H18N4O2S/c1-9-8-21-12(16-9)3-2-5-15-14(19)13-10-7-20-6-4-11(10)17-18-13/h8H,2-7H2,1H3,(H,15,19)(H,17,18). The fourth-order valence-electron chi connectivity index (χ4n) is 2.34. The third kappa shape index (κ3) is 3.30. The molecule has 0 bridgehead atoms. The van der Waals surface area contributed by atoms with E-state index in [1.807, 2.05) is 12.3 Å². The van der Waals surface area contributed by atoms with Crippen LogP contribution in [0.1, 0.15) is 38.9 Å². The van der Waals surface area contributed by atoms with Crippen molar-refractivity contribution in [2.75, 3.05) is 13.2 Å². The second-order valence-corrected chi connectivity index (χ2v) is 6.02. The number of ether oxygens (including phenoxy) is 1. The molecule has 2 N–H and O–H groups in total. The smallest absolute Gasteiger partial charge is 0.272 e. The van der Waals surface area contributed by atoms with Crippen molar-refractivity contribution in [2.45, 2.75) is 32.8 Å². The molecular formula is C14H18N4O2S. The maximum absolute atomic E-state index is 12.1. The lowest BCUT2D eigenvalue weighted by atomic mass is 10.1. The number of thiazole rings is 1. The van der Waals surface area contributed by atoms with Gasteiger partial charge in [0.25, 0.3) is 5.91 Å². The van der Waals surface area contributed by atoms with Gasteiger partial charge in [0.1, 0.15) is 0 Å². The van der Waals surface area contributed by atoms with Crippen LogP contribution in [0.15, 0.2) is 5.38 Å². The quantitative estimate of drug-likeness (QED) is 0.823. The molecule has 3 heterocycles. The van der Waals surface area contributed by atoms with Gasteiger partial charge in [-0.05, 0) is 13.3 Å². The highest BCUT2D eigenvalue weighted by molar-refractivity contribution is 7.09. The molecule has 0 radical (unpaired) electrons. The molecule has 2 aromatic heterocycles. The first kappa shape index (κ1) is 14.2. The van der Waals surface area contributed by atoms with Gasteiger partial charge in [0, 0.05) is 41.7 Å². The summed E-state index contributed by atoms with van der Waals surface area (Å²) in [5.41, 5.74) is 3.44. The molecular weight excluding hydrogens is 288 g/mol. The number of aryl methyl sites for hydroxylation is 2. The minimum atomic E-state index is -0.131. The van der Waals surface area contributed by atoms with Gasteiger partial charge >= 0.3 is 0 Å². The lowest BCUT2D eigenvalue weighted by Gasteiger charge is -2.12. The summed E-state index contributed by atoms with van der Waals surface area (Å²) < 4.78 is 5.38. The molecule has 21 heavy (non-hydrogen) atoms. The van der Waals surface area contributed by atoms with Gasteiger partial charge < -0.3 is 10.1 Å². The van der Waals surface area contributed by atoms with Crippen molar-refractivity contribution in [1.82, 2.24) is 20.5 Å². The van der Waals surface area contributed by atoms with E-state index in [9.17, 15) is 4.79 Å². The first-order valence-corrected chi connectivity index (χ1v) is 7.95. The van der Waals surface area contributed by atoms with E-state index in [1.165, 1.54) is 0 Å². The molecule has 6 nitrogen and oxygen atoms in total. The monoisotopic (exact) mass is 306 g/mol. The summed E-state index contributed by atoms with van der Waals surface area (Å²) in [6.07, 6.45) is 2.56. The highest BCUT2D eigenvalue weighted by Gasteiger charge is 2.21. The number of amides is 1. The largest absolute Gasteiger partial charge is 0.376 e. The van der Waals surface area contributed by atoms with Crippen LogP contribution in [0.4, 0.5) is 0 Å². The van der Waals surface area contributed by atoms with Gasteiger partial charge in [0.15, 0.2) is 5.69 Å². The van der Waals surface area contributed by atoms with E-state index in [0.717, 1.165) is 41.2 Å². The van der Waals surface area contributed by atoms with Crippen molar-refractivity contribution >= 4 is 17.2 Å². The molecule has 0 unspecified atom stereocenters. The van der Waals surface area contributed by atoms with E-state index in [0.29, 0.717) is 25.5 Å². The number of aromatic amines is 1. The van der Waals surface area contributed by atoms with Crippen LogP contribution in [-0.4, -0.2) is 34.2 Å². The highest BCUT2D eigenvalue weighted by Crippen LogP contribution is 2.18. The molecule has 0 spiro atoms. The lowest BCUT2D eigenvalue weighted by Crippen LogP contribution is -2.26. The van der Waals surface area contributed by atoms with Crippen LogP contribution in [0.25, 0.3) is 0 Å². The minimum Gasteiger partial charge on any atom is -0.376 e. The van der Waals surface area contributed by atoms with Crippen molar-refractivity contribution in [1.29, 1.82) is 0 Å². The number of fused-ring (bicyclic) bond motifs is 1. The summed E-state index contributed by atoms with van der Waals surface area (Å²) in [6.45, 7) is 3.76. The van der Waals surface area contributed by atoms with Gasteiger partial charge in [0.2, 0.25) is 0 Å². The molecule has 112 valence electrons. The molecule has 0 atom stereocenters. The predicted molar refractivity (Wildman–Crippen MR) is 79.5 cm³/mol. The Labute approximate surface area is 126 Å². The molecule has 7 heteroatoms. The van der Waals surface area contributed by atoms with Crippen LogP contribution in [0.2, 0.25) is 0 Å². The second kappa shape index (κ2) is 6.36. The Balaban J connectivity index is 1.49. The van der Waals surface area contributed by atoms with Crippen molar-refractivity contribution in [2.24, 2.45) is 0 Å². The number of rotatable bonds is 5. The van der Waals surface area contributed by atoms with E-state index < -0.39 is 0 Å². The summed E-state index contributed by atoms with van der Waals surface area (Å²) >= 11 is 1.67. The summed E-state index contributed by atoms with van der Waals surface area (Å²) in [7, 11) is 0. The number of H-pyrrole nitrogens is 1. The Morgan fingerprint density at radius 2 is 2.48 bits per heavy atom. The second-order valence-electron chi connectivity index (χ2n) is 5.07. The molecule has 0 aliphatic carbocycles. The van der Waals surface area contributed by atoms with E-state index in [1.54, 1.807) is 11.3 Å². The Morgan fingerprint density at radius 1 is 1.57 bits per heavy atom. The maximum atomic E-state index is 12.1. The zero-order valence-corrected chi connectivity index (χ0v) is 12.8. The molecule has 0 aromatic carbocycles. The molecule has 2 aromatic rings.